The van der Waals surface area contributed by atoms with Crippen LogP contribution in [0, 0.1) is 0 Å². The fourth-order valence-corrected chi connectivity index (χ4v) is 1.63. The number of carbonyl (C=O) groups is 1. The topological polar surface area (TPSA) is 55.8 Å². The van der Waals surface area contributed by atoms with Crippen molar-refractivity contribution in [3.63, 3.8) is 0 Å². The number of benzene rings is 1. The maximum Gasteiger partial charge on any atom is 0.307 e. The van der Waals surface area contributed by atoms with Crippen molar-refractivity contribution in [2.75, 3.05) is 20.3 Å². The molecular weight excluding hydrogens is 276 g/mol. The second-order valence-corrected chi connectivity index (χ2v) is 4.08. The summed E-state index contributed by atoms with van der Waals surface area (Å²) in [6.07, 6.45) is -0.0538. The third-order valence-electron chi connectivity index (χ3n) is 1.91. The molecule has 5 heteroatoms. The van der Waals surface area contributed by atoms with Crippen LogP contribution in [0.4, 0.5) is 0 Å². The van der Waals surface area contributed by atoms with Crippen molar-refractivity contribution in [2.45, 2.75) is 6.42 Å². The van der Waals surface area contributed by atoms with E-state index in [2.05, 4.69) is 15.9 Å². The summed E-state index contributed by atoms with van der Waals surface area (Å²) >= 11 is 3.29. The van der Waals surface area contributed by atoms with Gasteiger partial charge >= 0.3 is 5.97 Å². The average molecular weight is 289 g/mol. The van der Waals surface area contributed by atoms with Crippen molar-refractivity contribution in [3.05, 3.63) is 28.2 Å². The van der Waals surface area contributed by atoms with E-state index in [1.165, 1.54) is 0 Å². The van der Waals surface area contributed by atoms with Crippen LogP contribution in [0.3, 0.4) is 0 Å². The van der Waals surface area contributed by atoms with Crippen LogP contribution in [-0.4, -0.2) is 31.4 Å². The fraction of sp³-hybridized carbons (Fsp3) is 0.364. The largest absolute Gasteiger partial charge is 0.491 e. The highest BCUT2D eigenvalue weighted by Gasteiger charge is 2.08. The molecule has 0 aliphatic heterocycles. The van der Waals surface area contributed by atoms with E-state index < -0.39 is 5.97 Å². The van der Waals surface area contributed by atoms with Crippen LogP contribution in [-0.2, 0) is 16.0 Å². The van der Waals surface area contributed by atoms with E-state index in [9.17, 15) is 4.79 Å². The molecule has 4 nitrogen and oxygen atoms in total. The molecule has 1 rings (SSSR count). The first-order valence-electron chi connectivity index (χ1n) is 4.75. The molecule has 0 bridgehead atoms. The highest BCUT2D eigenvalue weighted by molar-refractivity contribution is 9.10. The molecule has 0 saturated heterocycles. The average Bonchev–Trinajstić information content (AvgIpc) is 2.20. The van der Waals surface area contributed by atoms with Crippen molar-refractivity contribution >= 4 is 21.9 Å². The predicted molar refractivity (Wildman–Crippen MR) is 62.9 cm³/mol. The molecule has 1 aromatic rings. The SMILES string of the molecule is COCCOc1ccc(Br)cc1CC(=O)O. The molecule has 0 aliphatic carbocycles. The van der Waals surface area contributed by atoms with Crippen LogP contribution in [0.1, 0.15) is 5.56 Å². The van der Waals surface area contributed by atoms with Gasteiger partial charge < -0.3 is 14.6 Å². The van der Waals surface area contributed by atoms with Crippen LogP contribution in [0.2, 0.25) is 0 Å². The van der Waals surface area contributed by atoms with E-state index >= 15 is 0 Å². The fourth-order valence-electron chi connectivity index (χ4n) is 1.22. The van der Waals surface area contributed by atoms with E-state index in [4.69, 9.17) is 14.6 Å². The molecule has 0 unspecified atom stereocenters. The lowest BCUT2D eigenvalue weighted by atomic mass is 10.1. The molecule has 0 fully saturated rings. The van der Waals surface area contributed by atoms with Gasteiger partial charge in [-0.2, -0.15) is 0 Å². The Labute approximate surface area is 102 Å². The van der Waals surface area contributed by atoms with E-state index in [-0.39, 0.29) is 6.42 Å². The number of ether oxygens (including phenoxy) is 2. The molecule has 0 amide bonds. The summed E-state index contributed by atoms with van der Waals surface area (Å²) in [5.74, 6) is -0.294. The predicted octanol–water partition coefficient (Wildman–Crippen LogP) is 2.10. The number of aliphatic carboxylic acids is 1. The molecule has 16 heavy (non-hydrogen) atoms. The number of carboxylic acids is 1. The normalized spacial score (nSPS) is 10.1. The number of carboxylic acid groups (broad SMARTS) is 1. The molecular formula is C11H13BrO4. The number of methoxy groups -OCH3 is 1. The molecule has 0 atom stereocenters. The van der Waals surface area contributed by atoms with Gasteiger partial charge in [-0.15, -0.1) is 0 Å². The van der Waals surface area contributed by atoms with Crippen LogP contribution >= 0.6 is 15.9 Å². The second-order valence-electron chi connectivity index (χ2n) is 3.16. The van der Waals surface area contributed by atoms with Gasteiger partial charge in [0.15, 0.2) is 0 Å². The van der Waals surface area contributed by atoms with E-state index in [1.807, 2.05) is 6.07 Å². The van der Waals surface area contributed by atoms with Gasteiger partial charge in [0.1, 0.15) is 12.4 Å². The first-order chi connectivity index (χ1) is 7.63. The molecule has 0 spiro atoms. The van der Waals surface area contributed by atoms with Gasteiger partial charge in [-0.3, -0.25) is 4.79 Å². The van der Waals surface area contributed by atoms with Gasteiger partial charge in [-0.05, 0) is 18.2 Å². The number of hydrogen-bond donors (Lipinski definition) is 1. The lowest BCUT2D eigenvalue weighted by molar-refractivity contribution is -0.136. The number of halogens is 1. The molecule has 0 saturated carbocycles. The van der Waals surface area contributed by atoms with Gasteiger partial charge in [0, 0.05) is 17.1 Å². The zero-order valence-electron chi connectivity index (χ0n) is 8.90. The second kappa shape index (κ2) is 6.50. The number of hydrogen-bond acceptors (Lipinski definition) is 3. The van der Waals surface area contributed by atoms with Crippen LogP contribution in [0.15, 0.2) is 22.7 Å². The summed E-state index contributed by atoms with van der Waals surface area (Å²) < 4.78 is 11.1. The van der Waals surface area contributed by atoms with Crippen molar-refractivity contribution in [1.29, 1.82) is 0 Å². The Bertz CT molecular complexity index is 365. The Kier molecular flexibility index (Phi) is 5.28. The standard InChI is InChI=1S/C11H13BrO4/c1-15-4-5-16-10-3-2-9(12)6-8(10)7-11(13)14/h2-3,6H,4-5,7H2,1H3,(H,13,14). The quantitative estimate of drug-likeness (QED) is 0.815. The molecule has 1 N–H and O–H groups in total. The molecule has 88 valence electrons. The molecule has 0 radical (unpaired) electrons. The summed E-state index contributed by atoms with van der Waals surface area (Å²) in [5.41, 5.74) is 0.651. The van der Waals surface area contributed by atoms with Gasteiger partial charge in [-0.1, -0.05) is 15.9 Å². The minimum Gasteiger partial charge on any atom is -0.491 e. The minimum absolute atomic E-state index is 0.0538. The first kappa shape index (κ1) is 13.0. The minimum atomic E-state index is -0.880. The molecule has 0 aliphatic rings. The Morgan fingerprint density at radius 1 is 1.44 bits per heavy atom. The third-order valence-corrected chi connectivity index (χ3v) is 2.40. The Morgan fingerprint density at radius 2 is 2.19 bits per heavy atom. The Hall–Kier alpha value is -1.07. The van der Waals surface area contributed by atoms with Crippen molar-refractivity contribution in [2.24, 2.45) is 0 Å². The summed E-state index contributed by atoms with van der Waals surface area (Å²) in [7, 11) is 1.59. The van der Waals surface area contributed by atoms with Crippen LogP contribution in [0.25, 0.3) is 0 Å². The van der Waals surface area contributed by atoms with Crippen LogP contribution < -0.4 is 4.74 Å². The lowest BCUT2D eigenvalue weighted by Gasteiger charge is -2.10. The van der Waals surface area contributed by atoms with E-state index in [0.29, 0.717) is 24.5 Å². The van der Waals surface area contributed by atoms with Crippen LogP contribution in [0.5, 0.6) is 5.75 Å². The smallest absolute Gasteiger partial charge is 0.307 e. The van der Waals surface area contributed by atoms with E-state index in [0.717, 1.165) is 4.47 Å². The van der Waals surface area contributed by atoms with Gasteiger partial charge in [-0.25, -0.2) is 0 Å². The Balaban J connectivity index is 2.76. The van der Waals surface area contributed by atoms with E-state index in [1.54, 1.807) is 19.2 Å². The summed E-state index contributed by atoms with van der Waals surface area (Å²) in [6.45, 7) is 0.882. The zero-order valence-corrected chi connectivity index (χ0v) is 10.5. The molecule has 0 heterocycles. The van der Waals surface area contributed by atoms with Crippen molar-refractivity contribution in [1.82, 2.24) is 0 Å². The number of rotatable bonds is 6. The van der Waals surface area contributed by atoms with Gasteiger partial charge in [0.2, 0.25) is 0 Å². The zero-order chi connectivity index (χ0) is 12.0. The maximum atomic E-state index is 10.7. The highest BCUT2D eigenvalue weighted by Crippen LogP contribution is 2.23. The molecule has 1 aromatic carbocycles. The summed E-state index contributed by atoms with van der Waals surface area (Å²) in [5, 5.41) is 8.76. The van der Waals surface area contributed by atoms with Crippen molar-refractivity contribution in [3.8, 4) is 5.75 Å². The Morgan fingerprint density at radius 3 is 2.81 bits per heavy atom. The van der Waals surface area contributed by atoms with Gasteiger partial charge in [0.05, 0.1) is 13.0 Å². The van der Waals surface area contributed by atoms with Crippen molar-refractivity contribution < 1.29 is 19.4 Å². The lowest BCUT2D eigenvalue weighted by Crippen LogP contribution is -2.08. The maximum absolute atomic E-state index is 10.7. The highest BCUT2D eigenvalue weighted by atomic mass is 79.9. The summed E-state index contributed by atoms with van der Waals surface area (Å²) in [6, 6.07) is 5.31. The third kappa shape index (κ3) is 4.20. The summed E-state index contributed by atoms with van der Waals surface area (Å²) in [4.78, 5) is 10.7. The monoisotopic (exact) mass is 288 g/mol. The first-order valence-corrected chi connectivity index (χ1v) is 5.54. The van der Waals surface area contributed by atoms with Gasteiger partial charge in [0.25, 0.3) is 0 Å². The molecule has 0 aromatic heterocycles.